The number of nitrogens with zero attached hydrogens (tertiary/aromatic N) is 1. The minimum absolute atomic E-state index is 0.218. The summed E-state index contributed by atoms with van der Waals surface area (Å²) in [5.41, 5.74) is 7.20. The van der Waals surface area contributed by atoms with Gasteiger partial charge in [-0.05, 0) is 51.4 Å². The second-order valence-electron chi connectivity index (χ2n) is 5.38. The molecule has 2 N–H and O–H groups in total. The van der Waals surface area contributed by atoms with Gasteiger partial charge in [0.1, 0.15) is 5.75 Å². The third kappa shape index (κ3) is 3.24. The summed E-state index contributed by atoms with van der Waals surface area (Å²) in [4.78, 5) is 2.40. The third-order valence-corrected chi connectivity index (χ3v) is 3.47. The van der Waals surface area contributed by atoms with Crippen LogP contribution < -0.4 is 10.5 Å². The van der Waals surface area contributed by atoms with Gasteiger partial charge < -0.3 is 10.5 Å². The molecule has 3 nitrogen and oxygen atoms in total. The predicted molar refractivity (Wildman–Crippen MR) is 74.8 cm³/mol. The lowest BCUT2D eigenvalue weighted by molar-refractivity contribution is 0.236. The normalized spacial score (nSPS) is 17.2. The van der Waals surface area contributed by atoms with Crippen LogP contribution in [0.1, 0.15) is 38.3 Å². The minimum atomic E-state index is 0.218. The molecule has 0 bridgehead atoms. The maximum absolute atomic E-state index is 5.92. The van der Waals surface area contributed by atoms with Crippen molar-refractivity contribution >= 4 is 0 Å². The summed E-state index contributed by atoms with van der Waals surface area (Å²) >= 11 is 0. The highest BCUT2D eigenvalue weighted by Gasteiger charge is 2.31. The number of hydrogen-bond donors (Lipinski definition) is 1. The summed E-state index contributed by atoms with van der Waals surface area (Å²) in [7, 11) is 2.17. The van der Waals surface area contributed by atoms with Gasteiger partial charge >= 0.3 is 0 Å². The van der Waals surface area contributed by atoms with Crippen LogP contribution in [0.25, 0.3) is 0 Å². The van der Waals surface area contributed by atoms with Crippen LogP contribution in [0.5, 0.6) is 5.75 Å². The van der Waals surface area contributed by atoms with Gasteiger partial charge in [0, 0.05) is 18.6 Å². The number of nitrogens with two attached hydrogens (primary N) is 1. The molecular weight excluding hydrogens is 224 g/mol. The first-order valence-corrected chi connectivity index (χ1v) is 6.80. The van der Waals surface area contributed by atoms with Crippen molar-refractivity contribution in [2.24, 2.45) is 5.73 Å². The molecule has 1 atom stereocenters. The lowest BCUT2D eigenvalue weighted by Crippen LogP contribution is -2.32. The monoisotopic (exact) mass is 248 g/mol. The van der Waals surface area contributed by atoms with Gasteiger partial charge in [0.2, 0.25) is 0 Å². The molecule has 0 amide bonds. The highest BCUT2D eigenvalue weighted by Crippen LogP contribution is 2.32. The van der Waals surface area contributed by atoms with Crippen LogP contribution in [0.2, 0.25) is 0 Å². The summed E-state index contributed by atoms with van der Waals surface area (Å²) in [6, 6.07) is 9.40. The van der Waals surface area contributed by atoms with E-state index >= 15 is 0 Å². The maximum Gasteiger partial charge on any atom is 0.119 e. The molecule has 0 spiro atoms. The van der Waals surface area contributed by atoms with Crippen LogP contribution in [-0.4, -0.2) is 30.6 Å². The van der Waals surface area contributed by atoms with Crippen molar-refractivity contribution in [3.05, 3.63) is 29.8 Å². The maximum atomic E-state index is 5.92. The van der Waals surface area contributed by atoms with Crippen molar-refractivity contribution in [2.45, 2.75) is 44.9 Å². The first-order valence-electron chi connectivity index (χ1n) is 6.80. The fourth-order valence-electron chi connectivity index (χ4n) is 2.31. The molecule has 0 radical (unpaired) electrons. The van der Waals surface area contributed by atoms with Crippen molar-refractivity contribution < 1.29 is 4.74 Å². The van der Waals surface area contributed by atoms with E-state index < -0.39 is 0 Å². The number of rotatable bonds is 6. The fourth-order valence-corrected chi connectivity index (χ4v) is 2.31. The summed E-state index contributed by atoms with van der Waals surface area (Å²) in [5.74, 6) is 0.929. The predicted octanol–water partition coefficient (Wildman–Crippen LogP) is 2.57. The van der Waals surface area contributed by atoms with Gasteiger partial charge in [-0.2, -0.15) is 0 Å². The smallest absolute Gasteiger partial charge is 0.119 e. The van der Waals surface area contributed by atoms with Gasteiger partial charge in [0.25, 0.3) is 0 Å². The highest BCUT2D eigenvalue weighted by atomic mass is 16.5. The van der Waals surface area contributed by atoms with Gasteiger partial charge in [0.05, 0.1) is 6.10 Å². The van der Waals surface area contributed by atoms with E-state index in [-0.39, 0.29) is 6.10 Å². The number of hydrogen-bond acceptors (Lipinski definition) is 3. The Morgan fingerprint density at radius 1 is 1.28 bits per heavy atom. The SMILES string of the molecule is CC(C)Oc1ccc(C(CN)N(C)C2CC2)cc1. The van der Waals surface area contributed by atoms with Crippen LogP contribution in [0.4, 0.5) is 0 Å². The molecule has 1 saturated carbocycles. The molecule has 2 rings (SSSR count). The molecule has 1 unspecified atom stereocenters. The highest BCUT2D eigenvalue weighted by molar-refractivity contribution is 5.29. The van der Waals surface area contributed by atoms with Crippen LogP contribution in [-0.2, 0) is 0 Å². The van der Waals surface area contributed by atoms with Crippen molar-refractivity contribution in [1.29, 1.82) is 0 Å². The zero-order chi connectivity index (χ0) is 13.1. The molecule has 100 valence electrons. The number of benzene rings is 1. The number of likely N-dealkylation sites (N-methyl/N-ethyl adjacent to an activating group) is 1. The Morgan fingerprint density at radius 2 is 1.89 bits per heavy atom. The standard InChI is InChI=1S/C15H24N2O/c1-11(2)18-14-8-4-12(5-9-14)15(10-16)17(3)13-6-7-13/h4-5,8-9,11,13,15H,6-7,10,16H2,1-3H3. The van der Waals surface area contributed by atoms with E-state index in [1.807, 2.05) is 26.0 Å². The lowest BCUT2D eigenvalue weighted by atomic mass is 10.1. The lowest BCUT2D eigenvalue weighted by Gasteiger charge is -2.27. The molecule has 18 heavy (non-hydrogen) atoms. The Hall–Kier alpha value is -1.06. The zero-order valence-electron chi connectivity index (χ0n) is 11.6. The van der Waals surface area contributed by atoms with E-state index in [0.717, 1.165) is 11.8 Å². The van der Waals surface area contributed by atoms with E-state index in [1.165, 1.54) is 18.4 Å². The van der Waals surface area contributed by atoms with E-state index in [4.69, 9.17) is 10.5 Å². The van der Waals surface area contributed by atoms with E-state index in [2.05, 4.69) is 24.1 Å². The Morgan fingerprint density at radius 3 is 2.33 bits per heavy atom. The van der Waals surface area contributed by atoms with Gasteiger partial charge in [-0.15, -0.1) is 0 Å². The molecule has 0 aromatic heterocycles. The van der Waals surface area contributed by atoms with Gasteiger partial charge in [0.15, 0.2) is 0 Å². The van der Waals surface area contributed by atoms with Crippen LogP contribution in [0.15, 0.2) is 24.3 Å². The molecule has 0 saturated heterocycles. The van der Waals surface area contributed by atoms with Crippen LogP contribution in [0.3, 0.4) is 0 Å². The first kappa shape index (κ1) is 13.4. The average molecular weight is 248 g/mol. The fraction of sp³-hybridized carbons (Fsp3) is 0.600. The van der Waals surface area contributed by atoms with Crippen LogP contribution in [0, 0.1) is 0 Å². The average Bonchev–Trinajstić information content (AvgIpc) is 3.15. The summed E-state index contributed by atoms with van der Waals surface area (Å²) < 4.78 is 5.66. The quantitative estimate of drug-likeness (QED) is 0.841. The topological polar surface area (TPSA) is 38.5 Å². The summed E-state index contributed by atoms with van der Waals surface area (Å²) in [5, 5.41) is 0. The zero-order valence-corrected chi connectivity index (χ0v) is 11.6. The van der Waals surface area contributed by atoms with E-state index in [0.29, 0.717) is 12.6 Å². The molecule has 3 heteroatoms. The first-order chi connectivity index (χ1) is 8.61. The molecule has 1 aliphatic rings. The Kier molecular flexibility index (Phi) is 4.25. The van der Waals surface area contributed by atoms with E-state index in [9.17, 15) is 0 Å². The van der Waals surface area contributed by atoms with Gasteiger partial charge in [-0.25, -0.2) is 0 Å². The second kappa shape index (κ2) is 5.72. The molecule has 0 aliphatic heterocycles. The van der Waals surface area contributed by atoms with Gasteiger partial charge in [-0.1, -0.05) is 12.1 Å². The Labute approximate surface area is 110 Å². The molecule has 1 aromatic carbocycles. The molecular formula is C15H24N2O. The summed E-state index contributed by atoms with van der Waals surface area (Å²) in [6.45, 7) is 4.74. The van der Waals surface area contributed by atoms with Crippen molar-refractivity contribution in [3.63, 3.8) is 0 Å². The molecule has 1 fully saturated rings. The molecule has 1 aliphatic carbocycles. The number of ether oxygens (including phenoxy) is 1. The van der Waals surface area contributed by atoms with Crippen molar-refractivity contribution in [1.82, 2.24) is 4.90 Å². The van der Waals surface area contributed by atoms with Crippen LogP contribution >= 0.6 is 0 Å². The second-order valence-corrected chi connectivity index (χ2v) is 5.38. The molecule has 1 aromatic rings. The third-order valence-electron chi connectivity index (χ3n) is 3.47. The largest absolute Gasteiger partial charge is 0.491 e. The van der Waals surface area contributed by atoms with Gasteiger partial charge in [-0.3, -0.25) is 4.90 Å². The summed E-state index contributed by atoms with van der Waals surface area (Å²) in [6.07, 6.45) is 2.83. The molecule has 0 heterocycles. The Balaban J connectivity index is 2.06. The minimum Gasteiger partial charge on any atom is -0.491 e. The van der Waals surface area contributed by atoms with Crippen molar-refractivity contribution in [2.75, 3.05) is 13.6 Å². The Bertz CT molecular complexity index is 371. The van der Waals surface area contributed by atoms with E-state index in [1.54, 1.807) is 0 Å². The van der Waals surface area contributed by atoms with Crippen molar-refractivity contribution in [3.8, 4) is 5.75 Å².